The van der Waals surface area contributed by atoms with E-state index in [4.69, 9.17) is 4.74 Å². The van der Waals surface area contributed by atoms with Crippen molar-refractivity contribution in [2.45, 2.75) is 19.5 Å². The third-order valence-corrected chi connectivity index (χ3v) is 4.74. The molecule has 1 atom stereocenters. The van der Waals surface area contributed by atoms with E-state index in [0.29, 0.717) is 26.1 Å². The Balaban J connectivity index is 1.58. The Morgan fingerprint density at radius 1 is 1.12 bits per heavy atom. The fraction of sp³-hybridized carbons (Fsp3) is 0.333. The molecule has 2 amide bonds. The number of methoxy groups -OCH3 is 1. The zero-order valence-corrected chi connectivity index (χ0v) is 15.2. The Labute approximate surface area is 154 Å². The minimum atomic E-state index is -0.269. The first kappa shape index (κ1) is 18.0. The molecule has 1 unspecified atom stereocenters. The third kappa shape index (κ3) is 4.23. The van der Waals surface area contributed by atoms with Crippen LogP contribution >= 0.6 is 0 Å². The van der Waals surface area contributed by atoms with Crippen LogP contribution < -0.4 is 4.74 Å². The highest BCUT2D eigenvalue weighted by Crippen LogP contribution is 2.23. The Morgan fingerprint density at radius 3 is 2.46 bits per heavy atom. The molecule has 5 heteroatoms. The summed E-state index contributed by atoms with van der Waals surface area (Å²) in [6.07, 6.45) is 0.290. The lowest BCUT2D eigenvalue weighted by Crippen LogP contribution is -2.34. The monoisotopic (exact) mass is 352 g/mol. The molecule has 136 valence electrons. The Kier molecular flexibility index (Phi) is 5.56. The van der Waals surface area contributed by atoms with E-state index in [-0.39, 0.29) is 17.7 Å². The van der Waals surface area contributed by atoms with E-state index in [2.05, 4.69) is 0 Å². The molecule has 3 rings (SSSR count). The van der Waals surface area contributed by atoms with Gasteiger partial charge in [0.2, 0.25) is 11.8 Å². The lowest BCUT2D eigenvalue weighted by molar-refractivity contribution is -0.135. The molecule has 2 aromatic rings. The second kappa shape index (κ2) is 8.04. The summed E-state index contributed by atoms with van der Waals surface area (Å²) in [5, 5.41) is 0. The number of carbonyl (C=O) groups is 2. The summed E-state index contributed by atoms with van der Waals surface area (Å²) in [4.78, 5) is 28.5. The lowest BCUT2D eigenvalue weighted by Gasteiger charge is -2.21. The van der Waals surface area contributed by atoms with E-state index in [0.717, 1.165) is 16.9 Å². The molecule has 0 radical (unpaired) electrons. The molecule has 1 aliphatic heterocycles. The fourth-order valence-electron chi connectivity index (χ4n) is 3.29. The molecule has 5 nitrogen and oxygen atoms in total. The highest BCUT2D eigenvalue weighted by Gasteiger charge is 2.35. The van der Waals surface area contributed by atoms with Crippen molar-refractivity contribution >= 4 is 11.8 Å². The van der Waals surface area contributed by atoms with Crippen LogP contribution in [0.2, 0.25) is 0 Å². The van der Waals surface area contributed by atoms with Gasteiger partial charge in [-0.05, 0) is 23.3 Å². The van der Waals surface area contributed by atoms with Gasteiger partial charge in [-0.3, -0.25) is 9.59 Å². The smallest absolute Gasteiger partial charge is 0.228 e. The van der Waals surface area contributed by atoms with Gasteiger partial charge in [0.25, 0.3) is 0 Å². The summed E-state index contributed by atoms with van der Waals surface area (Å²) in [6, 6.07) is 17.5. The van der Waals surface area contributed by atoms with Crippen LogP contribution in [0.15, 0.2) is 54.6 Å². The van der Waals surface area contributed by atoms with Crippen molar-refractivity contribution in [1.29, 1.82) is 0 Å². The van der Waals surface area contributed by atoms with Gasteiger partial charge in [-0.15, -0.1) is 0 Å². The zero-order valence-electron chi connectivity index (χ0n) is 15.2. The average Bonchev–Trinajstić information content (AvgIpc) is 3.03. The minimum Gasteiger partial charge on any atom is -0.497 e. The quantitative estimate of drug-likeness (QED) is 0.803. The second-order valence-corrected chi connectivity index (χ2v) is 6.70. The molecule has 1 fully saturated rings. The third-order valence-electron chi connectivity index (χ3n) is 4.74. The molecular formula is C21H24N2O3. The SMILES string of the molecule is COc1ccc(CN(C)C(=O)C2CC(=O)N(Cc3ccccc3)C2)cc1. The summed E-state index contributed by atoms with van der Waals surface area (Å²) in [7, 11) is 3.42. The molecule has 0 N–H and O–H groups in total. The lowest BCUT2D eigenvalue weighted by atomic mass is 10.1. The number of hydrogen-bond donors (Lipinski definition) is 0. The average molecular weight is 352 g/mol. The van der Waals surface area contributed by atoms with Gasteiger partial charge >= 0.3 is 0 Å². The van der Waals surface area contributed by atoms with Gasteiger partial charge in [0, 0.05) is 33.1 Å². The van der Waals surface area contributed by atoms with Crippen LogP contribution in [0.25, 0.3) is 0 Å². The first-order valence-electron chi connectivity index (χ1n) is 8.76. The maximum Gasteiger partial charge on any atom is 0.228 e. The maximum absolute atomic E-state index is 12.7. The van der Waals surface area contributed by atoms with Crippen molar-refractivity contribution in [1.82, 2.24) is 9.80 Å². The van der Waals surface area contributed by atoms with Crippen LogP contribution in [0, 0.1) is 5.92 Å². The number of hydrogen-bond acceptors (Lipinski definition) is 3. The summed E-state index contributed by atoms with van der Waals surface area (Å²) < 4.78 is 5.15. The maximum atomic E-state index is 12.7. The van der Waals surface area contributed by atoms with Gasteiger partial charge in [-0.25, -0.2) is 0 Å². The van der Waals surface area contributed by atoms with E-state index in [9.17, 15) is 9.59 Å². The molecule has 26 heavy (non-hydrogen) atoms. The van der Waals surface area contributed by atoms with Crippen LogP contribution in [-0.2, 0) is 22.7 Å². The van der Waals surface area contributed by atoms with Gasteiger partial charge in [0.05, 0.1) is 13.0 Å². The number of amides is 2. The highest BCUT2D eigenvalue weighted by atomic mass is 16.5. The number of nitrogens with zero attached hydrogens (tertiary/aromatic N) is 2. The predicted molar refractivity (Wildman–Crippen MR) is 99.4 cm³/mol. The second-order valence-electron chi connectivity index (χ2n) is 6.70. The Hall–Kier alpha value is -2.82. The molecule has 0 saturated carbocycles. The largest absolute Gasteiger partial charge is 0.497 e. The zero-order chi connectivity index (χ0) is 18.5. The summed E-state index contributed by atoms with van der Waals surface area (Å²) >= 11 is 0. The van der Waals surface area contributed by atoms with Gasteiger partial charge in [-0.1, -0.05) is 42.5 Å². The van der Waals surface area contributed by atoms with Crippen molar-refractivity contribution in [2.24, 2.45) is 5.92 Å². The standard InChI is InChI=1S/C21H24N2O3/c1-22(13-17-8-10-19(26-2)11-9-17)21(25)18-12-20(24)23(15-18)14-16-6-4-3-5-7-16/h3-11,18H,12-15H2,1-2H3. The highest BCUT2D eigenvalue weighted by molar-refractivity contribution is 5.89. The number of rotatable bonds is 6. The van der Waals surface area contributed by atoms with Gasteiger partial charge in [0.15, 0.2) is 0 Å². The molecule has 1 heterocycles. The summed E-state index contributed by atoms with van der Waals surface area (Å²) in [5.41, 5.74) is 2.12. The number of carbonyl (C=O) groups excluding carboxylic acids is 2. The molecular weight excluding hydrogens is 328 g/mol. The fourth-order valence-corrected chi connectivity index (χ4v) is 3.29. The Morgan fingerprint density at radius 2 is 1.81 bits per heavy atom. The number of likely N-dealkylation sites (tertiary alicyclic amines) is 1. The van der Waals surface area contributed by atoms with Crippen molar-refractivity contribution in [3.05, 3.63) is 65.7 Å². The molecule has 1 aliphatic rings. The molecule has 0 aromatic heterocycles. The van der Waals surface area contributed by atoms with Gasteiger partial charge in [-0.2, -0.15) is 0 Å². The van der Waals surface area contributed by atoms with Crippen molar-refractivity contribution < 1.29 is 14.3 Å². The van der Waals surface area contributed by atoms with Gasteiger partial charge in [0.1, 0.15) is 5.75 Å². The first-order valence-corrected chi connectivity index (χ1v) is 8.76. The minimum absolute atomic E-state index is 0.0183. The van der Waals surface area contributed by atoms with Crippen LogP contribution in [-0.4, -0.2) is 42.3 Å². The normalized spacial score (nSPS) is 16.6. The molecule has 0 bridgehead atoms. The van der Waals surface area contributed by atoms with E-state index in [1.54, 1.807) is 24.0 Å². The van der Waals surface area contributed by atoms with Crippen LogP contribution in [0.3, 0.4) is 0 Å². The number of benzene rings is 2. The Bertz CT molecular complexity index is 759. The van der Waals surface area contributed by atoms with E-state index in [1.165, 1.54) is 0 Å². The van der Waals surface area contributed by atoms with Crippen LogP contribution in [0.1, 0.15) is 17.5 Å². The van der Waals surface area contributed by atoms with Crippen molar-refractivity contribution in [3.63, 3.8) is 0 Å². The molecule has 2 aromatic carbocycles. The van der Waals surface area contributed by atoms with Crippen molar-refractivity contribution in [3.8, 4) is 5.75 Å². The predicted octanol–water partition coefficient (Wildman–Crippen LogP) is 2.70. The van der Waals surface area contributed by atoms with Gasteiger partial charge < -0.3 is 14.5 Å². The van der Waals surface area contributed by atoms with Crippen LogP contribution in [0.5, 0.6) is 5.75 Å². The van der Waals surface area contributed by atoms with Crippen LogP contribution in [0.4, 0.5) is 0 Å². The molecule has 0 spiro atoms. The summed E-state index contributed by atoms with van der Waals surface area (Å²) in [6.45, 7) is 1.57. The molecule has 0 aliphatic carbocycles. The van der Waals surface area contributed by atoms with E-state index < -0.39 is 0 Å². The van der Waals surface area contributed by atoms with Crippen molar-refractivity contribution in [2.75, 3.05) is 20.7 Å². The first-order chi connectivity index (χ1) is 12.6. The van der Waals surface area contributed by atoms with E-state index >= 15 is 0 Å². The summed E-state index contributed by atoms with van der Waals surface area (Å²) in [5.74, 6) is 0.588. The number of ether oxygens (including phenoxy) is 1. The molecule has 1 saturated heterocycles. The van der Waals surface area contributed by atoms with E-state index in [1.807, 2.05) is 54.6 Å². The topological polar surface area (TPSA) is 49.9 Å².